The number of alkyl halides is 6. The summed E-state index contributed by atoms with van der Waals surface area (Å²) < 4.78 is 90.8. The Morgan fingerprint density at radius 2 is 1.36 bits per heavy atom. The van der Waals surface area contributed by atoms with Gasteiger partial charge in [-0.2, -0.15) is 31.6 Å². The van der Waals surface area contributed by atoms with Gasteiger partial charge in [0.15, 0.2) is 5.69 Å². The van der Waals surface area contributed by atoms with Crippen molar-refractivity contribution in [1.82, 2.24) is 0 Å². The van der Waals surface area contributed by atoms with E-state index in [9.17, 15) is 55.7 Å². The average Bonchev–Trinajstić information content (AvgIpc) is 3.83. The summed E-state index contributed by atoms with van der Waals surface area (Å²) in [5.74, 6) is -6.26. The highest BCUT2D eigenvalue weighted by Crippen LogP contribution is 2.61. The van der Waals surface area contributed by atoms with Gasteiger partial charge >= 0.3 is 12.4 Å². The first kappa shape index (κ1) is 36.5. The van der Waals surface area contributed by atoms with Crippen LogP contribution in [0.3, 0.4) is 0 Å². The third-order valence-electron chi connectivity index (χ3n) is 11.4. The number of aliphatic hydroxyl groups is 2. The number of aliphatic hydroxyl groups excluding tert-OH is 2. The maximum atomic E-state index is 13.2. The Labute approximate surface area is 296 Å². The molecule has 2 N–H and O–H groups in total. The molecular weight excluding hydrogens is 718 g/mol. The first-order chi connectivity index (χ1) is 24.5. The third kappa shape index (κ3) is 5.03. The Hall–Kier alpha value is -4.88. The molecule has 10 atom stereocenters. The average molecular weight is 747 g/mol. The fourth-order valence-electron chi connectivity index (χ4n) is 9.17. The van der Waals surface area contributed by atoms with Crippen molar-refractivity contribution >= 4 is 40.7 Å². The number of nitriles is 1. The molecule has 6 aliphatic heterocycles. The minimum atomic E-state index is -4.81. The summed E-state index contributed by atoms with van der Waals surface area (Å²) in [6, 6.07) is 6.93. The highest BCUT2D eigenvalue weighted by atomic mass is 19.4. The number of halogens is 6. The van der Waals surface area contributed by atoms with Gasteiger partial charge in [0.2, 0.25) is 23.6 Å². The van der Waals surface area contributed by atoms with Crippen molar-refractivity contribution in [3.8, 4) is 6.07 Å². The molecule has 2 aromatic carbocycles. The van der Waals surface area contributed by atoms with Crippen LogP contribution in [0.4, 0.5) is 43.4 Å². The van der Waals surface area contributed by atoms with Crippen molar-refractivity contribution in [2.45, 2.75) is 81.1 Å². The van der Waals surface area contributed by atoms with Gasteiger partial charge in [-0.05, 0) is 51.1 Å². The normalized spacial score (nSPS) is 36.7. The van der Waals surface area contributed by atoms with Crippen LogP contribution in [0.5, 0.6) is 0 Å². The first-order valence-electron chi connectivity index (χ1n) is 16.2. The van der Waals surface area contributed by atoms with Gasteiger partial charge in [-0.3, -0.25) is 19.2 Å². The minimum absolute atomic E-state index is 0.165. The van der Waals surface area contributed by atoms with Crippen LogP contribution in [0.2, 0.25) is 0 Å². The topological polar surface area (TPSA) is 162 Å². The summed E-state index contributed by atoms with van der Waals surface area (Å²) >= 11 is 0. The van der Waals surface area contributed by atoms with Gasteiger partial charge in [0.05, 0.1) is 88.2 Å². The van der Waals surface area contributed by atoms with E-state index in [0.717, 1.165) is 34.1 Å². The number of rotatable bonds is 2. The Kier molecular flexibility index (Phi) is 7.79. The molecule has 18 heteroatoms. The van der Waals surface area contributed by atoms with Crippen LogP contribution >= 0.6 is 0 Å². The highest BCUT2D eigenvalue weighted by molar-refractivity contribution is 6.24. The van der Waals surface area contributed by atoms with E-state index in [0.29, 0.717) is 12.1 Å². The smallest absolute Gasteiger partial charge is 0.390 e. The van der Waals surface area contributed by atoms with E-state index >= 15 is 0 Å². The minimum Gasteiger partial charge on any atom is -0.390 e. The number of imide groups is 2. The fourth-order valence-corrected chi connectivity index (χ4v) is 9.17. The predicted molar refractivity (Wildman–Crippen MR) is 165 cm³/mol. The van der Waals surface area contributed by atoms with Gasteiger partial charge in [-0.1, -0.05) is 6.07 Å². The van der Waals surface area contributed by atoms with E-state index in [2.05, 4.69) is 4.85 Å². The molecule has 4 bridgehead atoms. The largest absolute Gasteiger partial charge is 0.417 e. The molecule has 0 spiro atoms. The number of fused-ring (bicyclic) bond motifs is 10. The monoisotopic (exact) mass is 746 g/mol. The lowest BCUT2D eigenvalue weighted by Crippen LogP contribution is -2.49. The van der Waals surface area contributed by atoms with E-state index in [-0.39, 0.29) is 24.2 Å². The van der Waals surface area contributed by atoms with E-state index < -0.39 is 117 Å². The number of benzene rings is 2. The molecule has 12 nitrogen and oxygen atoms in total. The molecule has 6 aliphatic rings. The van der Waals surface area contributed by atoms with Crippen molar-refractivity contribution in [3.63, 3.8) is 0 Å². The summed E-state index contributed by atoms with van der Waals surface area (Å²) in [6.45, 7) is 11.7. The maximum absolute atomic E-state index is 13.2. The molecular formula is C35H28F6N4O8. The second kappa shape index (κ2) is 11.3. The molecule has 0 radical (unpaired) electrons. The lowest BCUT2D eigenvalue weighted by atomic mass is 9.67. The van der Waals surface area contributed by atoms with Crippen LogP contribution in [0.1, 0.15) is 50.3 Å². The van der Waals surface area contributed by atoms with Crippen LogP contribution in [0.15, 0.2) is 36.4 Å². The Bertz CT molecular complexity index is 2090. The molecule has 4 amide bonds. The molecule has 6 saturated heterocycles. The summed E-state index contributed by atoms with van der Waals surface area (Å²) in [4.78, 5) is 55.8. The van der Waals surface area contributed by atoms with Crippen molar-refractivity contribution in [3.05, 3.63) is 64.5 Å². The Balaban J connectivity index is 0.000000164. The van der Waals surface area contributed by atoms with E-state index in [1.54, 1.807) is 20.8 Å². The molecule has 8 rings (SSSR count). The van der Waals surface area contributed by atoms with Crippen LogP contribution in [-0.4, -0.2) is 69.0 Å². The lowest BCUT2D eigenvalue weighted by Gasteiger charge is -2.31. The van der Waals surface area contributed by atoms with Gasteiger partial charge in [0.1, 0.15) is 5.60 Å². The molecule has 4 unspecified atom stereocenters. The van der Waals surface area contributed by atoms with Gasteiger partial charge < -0.3 is 19.7 Å². The number of amides is 4. The Morgan fingerprint density at radius 3 is 1.94 bits per heavy atom. The maximum Gasteiger partial charge on any atom is 0.417 e. The number of hydrogen-bond donors (Lipinski definition) is 2. The fraction of sp³-hybridized carbons (Fsp3) is 0.486. The van der Waals surface area contributed by atoms with Gasteiger partial charge in [-0.15, -0.1) is 0 Å². The summed E-state index contributed by atoms with van der Waals surface area (Å²) in [6.07, 6.45) is -11.9. The molecule has 0 saturated carbocycles. The Morgan fingerprint density at radius 1 is 0.811 bits per heavy atom. The van der Waals surface area contributed by atoms with Crippen LogP contribution in [0.25, 0.3) is 4.85 Å². The quantitative estimate of drug-likeness (QED) is 0.260. The first-order valence-corrected chi connectivity index (χ1v) is 16.2. The highest BCUT2D eigenvalue weighted by Gasteiger charge is 2.76. The molecule has 278 valence electrons. The number of hydrogen-bond acceptors (Lipinski definition) is 9. The van der Waals surface area contributed by atoms with Crippen LogP contribution in [0, 0.1) is 41.6 Å². The second-order valence-electron chi connectivity index (χ2n) is 14.6. The van der Waals surface area contributed by atoms with E-state index in [4.69, 9.17) is 21.3 Å². The number of carbonyl (C=O) groups is 4. The molecule has 0 aliphatic carbocycles. The zero-order valence-electron chi connectivity index (χ0n) is 27.8. The van der Waals surface area contributed by atoms with Crippen molar-refractivity contribution < 1.29 is 65.2 Å². The van der Waals surface area contributed by atoms with Crippen LogP contribution < -0.4 is 9.80 Å². The summed E-state index contributed by atoms with van der Waals surface area (Å²) in [5, 5.41) is 29.2. The lowest BCUT2D eigenvalue weighted by molar-refractivity contribution is -0.138. The zero-order chi connectivity index (χ0) is 39.0. The standard InChI is InChI=1S/C18H15F3N2O4.C17H13F3N2O4/c1-16-6-11(24)17(2,27-16)13-12(16)14(25)23(15(13)26)9-4-3-8(7-22)10(5-9)18(19,20)21;1-16-6-10(23)13(26-16)11-12(16)15(25)22(14(11)24)7-3-4-9(21-2)8(5-7)17(18,19)20/h3-5,11-13,24H,6H2,1-2H3;3-5,10-13,23H,6H2,1H3/t11-,12+,13-,16?,17?;10-,11+,12+,13?,16?/m10/s1. The molecule has 0 aromatic heterocycles. The summed E-state index contributed by atoms with van der Waals surface area (Å²) in [7, 11) is 0. The molecule has 6 heterocycles. The molecule has 2 aromatic rings. The number of anilines is 2. The number of nitrogens with zero attached hydrogens (tertiary/aromatic N) is 4. The number of carbonyl (C=O) groups excluding carboxylic acids is 4. The van der Waals surface area contributed by atoms with Gasteiger partial charge in [-0.25, -0.2) is 14.6 Å². The molecule has 6 fully saturated rings. The number of ether oxygens (including phenoxy) is 2. The van der Waals surface area contributed by atoms with Crippen molar-refractivity contribution in [2.24, 2.45) is 23.7 Å². The van der Waals surface area contributed by atoms with Crippen molar-refractivity contribution in [1.29, 1.82) is 5.26 Å². The SMILES string of the molecule is CC12C[C@@H](O)C(C)(O1)[C@H]1C(=O)N(c3ccc(C#N)c(C(F)(F)F)c3)C(=O)[C@H]12.[C-]#[N+]c1ccc(N2C(=O)[C@H]3C4OC(C)(C[C@@H]4O)[C@H]3C2=O)cc1C(F)(F)F. The summed E-state index contributed by atoms with van der Waals surface area (Å²) in [5.41, 5.74) is -7.42. The third-order valence-corrected chi connectivity index (χ3v) is 11.4. The van der Waals surface area contributed by atoms with Gasteiger partial charge in [0, 0.05) is 18.5 Å². The van der Waals surface area contributed by atoms with Crippen molar-refractivity contribution in [2.75, 3.05) is 9.80 Å². The zero-order valence-corrected chi connectivity index (χ0v) is 27.8. The predicted octanol–water partition coefficient (Wildman–Crippen LogP) is 4.28. The second-order valence-corrected chi connectivity index (χ2v) is 14.6. The van der Waals surface area contributed by atoms with E-state index in [1.807, 2.05) is 0 Å². The molecule has 53 heavy (non-hydrogen) atoms. The van der Waals surface area contributed by atoms with Crippen LogP contribution in [-0.2, 0) is 41.0 Å². The van der Waals surface area contributed by atoms with E-state index in [1.165, 1.54) is 6.07 Å². The van der Waals surface area contributed by atoms with Gasteiger partial charge in [0.25, 0.3) is 0 Å².